The first kappa shape index (κ1) is 15.0. The fourth-order valence-electron chi connectivity index (χ4n) is 3.16. The highest BCUT2D eigenvalue weighted by molar-refractivity contribution is 5.79. The molecule has 1 aromatic rings. The molecule has 1 atom stereocenters. The number of carbonyl (C=O) groups is 1. The van der Waals surface area contributed by atoms with Gasteiger partial charge in [0.05, 0.1) is 6.42 Å². The standard InChI is InChI=1S/C17H26N2O/c1-13(14-7-3-2-4-8-14)19-17(20)11-15-9-5-6-10-16(15)12-18/h5-6,9-10,13-14H,2-4,7-8,11-12,18H2,1H3,(H,19,20)/t13-/m1/s1. The molecule has 20 heavy (non-hydrogen) atoms. The summed E-state index contributed by atoms with van der Waals surface area (Å²) < 4.78 is 0. The SMILES string of the molecule is C[C@@H](NC(=O)Cc1ccccc1CN)C1CCCCC1. The van der Waals surface area contributed by atoms with Crippen molar-refractivity contribution in [3.63, 3.8) is 0 Å². The second-order valence-electron chi connectivity index (χ2n) is 5.90. The Balaban J connectivity index is 1.88. The van der Waals surface area contributed by atoms with Crippen LogP contribution in [0.3, 0.4) is 0 Å². The van der Waals surface area contributed by atoms with Gasteiger partial charge in [-0.1, -0.05) is 43.5 Å². The highest BCUT2D eigenvalue weighted by atomic mass is 16.1. The van der Waals surface area contributed by atoms with E-state index in [9.17, 15) is 4.79 Å². The molecule has 3 N–H and O–H groups in total. The molecule has 0 saturated heterocycles. The third kappa shape index (κ3) is 4.07. The molecule has 0 aromatic heterocycles. The van der Waals surface area contributed by atoms with E-state index in [0.717, 1.165) is 11.1 Å². The lowest BCUT2D eigenvalue weighted by atomic mass is 9.84. The summed E-state index contributed by atoms with van der Waals surface area (Å²) >= 11 is 0. The topological polar surface area (TPSA) is 55.1 Å². The summed E-state index contributed by atoms with van der Waals surface area (Å²) in [4.78, 5) is 12.2. The predicted octanol–water partition coefficient (Wildman–Crippen LogP) is 2.77. The summed E-state index contributed by atoms with van der Waals surface area (Å²) in [6.45, 7) is 2.63. The zero-order chi connectivity index (χ0) is 14.4. The molecule has 0 spiro atoms. The lowest BCUT2D eigenvalue weighted by Gasteiger charge is -2.28. The van der Waals surface area contributed by atoms with Crippen LogP contribution in [0.1, 0.15) is 50.2 Å². The van der Waals surface area contributed by atoms with Crippen LogP contribution in [0.2, 0.25) is 0 Å². The minimum Gasteiger partial charge on any atom is -0.353 e. The maximum Gasteiger partial charge on any atom is 0.224 e. The zero-order valence-electron chi connectivity index (χ0n) is 12.4. The van der Waals surface area contributed by atoms with Crippen molar-refractivity contribution >= 4 is 5.91 Å². The van der Waals surface area contributed by atoms with E-state index < -0.39 is 0 Å². The van der Waals surface area contributed by atoms with E-state index in [1.54, 1.807) is 0 Å². The molecule has 1 saturated carbocycles. The fraction of sp³-hybridized carbons (Fsp3) is 0.588. The first-order chi connectivity index (χ1) is 9.70. The highest BCUT2D eigenvalue weighted by Gasteiger charge is 2.21. The third-order valence-corrected chi connectivity index (χ3v) is 4.43. The van der Waals surface area contributed by atoms with E-state index in [1.807, 2.05) is 24.3 Å². The van der Waals surface area contributed by atoms with E-state index >= 15 is 0 Å². The van der Waals surface area contributed by atoms with Gasteiger partial charge in [0.1, 0.15) is 0 Å². The first-order valence-electron chi connectivity index (χ1n) is 7.77. The Morgan fingerprint density at radius 3 is 2.55 bits per heavy atom. The molecule has 0 aliphatic heterocycles. The lowest BCUT2D eigenvalue weighted by molar-refractivity contribution is -0.121. The van der Waals surface area contributed by atoms with E-state index in [2.05, 4.69) is 12.2 Å². The van der Waals surface area contributed by atoms with Crippen LogP contribution in [0.4, 0.5) is 0 Å². The first-order valence-corrected chi connectivity index (χ1v) is 7.77. The minimum atomic E-state index is 0.115. The van der Waals surface area contributed by atoms with Gasteiger partial charge >= 0.3 is 0 Å². The van der Waals surface area contributed by atoms with Crippen molar-refractivity contribution in [1.29, 1.82) is 0 Å². The Kier molecular flexibility index (Phi) is 5.60. The van der Waals surface area contributed by atoms with Gasteiger partial charge in [-0.15, -0.1) is 0 Å². The normalized spacial score (nSPS) is 17.7. The van der Waals surface area contributed by atoms with Gasteiger partial charge in [0, 0.05) is 12.6 Å². The van der Waals surface area contributed by atoms with E-state index in [4.69, 9.17) is 5.73 Å². The number of rotatable bonds is 5. The lowest BCUT2D eigenvalue weighted by Crippen LogP contribution is -2.39. The van der Waals surface area contributed by atoms with Crippen molar-refractivity contribution in [1.82, 2.24) is 5.32 Å². The number of hydrogen-bond donors (Lipinski definition) is 2. The Labute approximate surface area is 121 Å². The van der Waals surface area contributed by atoms with Crippen LogP contribution >= 0.6 is 0 Å². The average molecular weight is 274 g/mol. The number of nitrogens with two attached hydrogens (primary N) is 1. The van der Waals surface area contributed by atoms with Crippen molar-refractivity contribution in [2.24, 2.45) is 11.7 Å². The molecule has 1 aliphatic rings. The quantitative estimate of drug-likeness (QED) is 0.867. The van der Waals surface area contributed by atoms with E-state index in [-0.39, 0.29) is 11.9 Å². The molecule has 0 radical (unpaired) electrons. The predicted molar refractivity (Wildman–Crippen MR) is 82.2 cm³/mol. The number of hydrogen-bond acceptors (Lipinski definition) is 2. The minimum absolute atomic E-state index is 0.115. The molecule has 1 aliphatic carbocycles. The number of carbonyl (C=O) groups excluding carboxylic acids is 1. The molecule has 0 unspecified atom stereocenters. The Bertz CT molecular complexity index is 438. The van der Waals surface area contributed by atoms with Gasteiger partial charge in [-0.3, -0.25) is 4.79 Å². The van der Waals surface area contributed by atoms with Crippen LogP contribution in [-0.2, 0) is 17.8 Å². The summed E-state index contributed by atoms with van der Waals surface area (Å²) in [5.41, 5.74) is 7.82. The van der Waals surface area contributed by atoms with Crippen LogP contribution in [0.5, 0.6) is 0 Å². The molecule has 1 fully saturated rings. The molecular formula is C17H26N2O. The van der Waals surface area contributed by atoms with Crippen molar-refractivity contribution < 1.29 is 4.79 Å². The Morgan fingerprint density at radius 2 is 1.90 bits per heavy atom. The summed E-state index contributed by atoms with van der Waals surface area (Å²) in [5.74, 6) is 0.765. The molecule has 1 aromatic carbocycles. The molecule has 0 bridgehead atoms. The van der Waals surface area contributed by atoms with Crippen molar-refractivity contribution in [2.75, 3.05) is 0 Å². The summed E-state index contributed by atoms with van der Waals surface area (Å²) in [6.07, 6.45) is 6.90. The number of amides is 1. The van der Waals surface area contributed by atoms with E-state index in [1.165, 1.54) is 32.1 Å². The number of nitrogens with one attached hydrogen (secondary N) is 1. The van der Waals surface area contributed by atoms with Crippen LogP contribution in [0.25, 0.3) is 0 Å². The largest absolute Gasteiger partial charge is 0.353 e. The number of benzene rings is 1. The molecule has 2 rings (SSSR count). The van der Waals surface area contributed by atoms with E-state index in [0.29, 0.717) is 18.9 Å². The van der Waals surface area contributed by atoms with Gasteiger partial charge in [0.15, 0.2) is 0 Å². The zero-order valence-corrected chi connectivity index (χ0v) is 12.4. The molecule has 1 amide bonds. The monoisotopic (exact) mass is 274 g/mol. The summed E-state index contributed by atoms with van der Waals surface area (Å²) in [5, 5.41) is 3.17. The average Bonchev–Trinajstić information content (AvgIpc) is 2.48. The molecule has 110 valence electrons. The molecular weight excluding hydrogens is 248 g/mol. The molecule has 0 heterocycles. The smallest absolute Gasteiger partial charge is 0.224 e. The summed E-state index contributed by atoms with van der Waals surface area (Å²) in [6, 6.07) is 8.20. The highest BCUT2D eigenvalue weighted by Crippen LogP contribution is 2.26. The molecule has 3 nitrogen and oxygen atoms in total. The Hall–Kier alpha value is -1.35. The Morgan fingerprint density at radius 1 is 1.25 bits per heavy atom. The summed E-state index contributed by atoms with van der Waals surface area (Å²) in [7, 11) is 0. The molecule has 3 heteroatoms. The van der Waals surface area contributed by atoms with Crippen LogP contribution in [0.15, 0.2) is 24.3 Å². The third-order valence-electron chi connectivity index (χ3n) is 4.43. The second-order valence-corrected chi connectivity index (χ2v) is 5.90. The fourth-order valence-corrected chi connectivity index (χ4v) is 3.16. The maximum atomic E-state index is 12.2. The van der Waals surface area contributed by atoms with Gasteiger partial charge in [0.25, 0.3) is 0 Å². The van der Waals surface area contributed by atoms with Gasteiger partial charge in [-0.05, 0) is 36.8 Å². The van der Waals surface area contributed by atoms with Crippen LogP contribution in [0, 0.1) is 5.92 Å². The van der Waals surface area contributed by atoms with Gasteiger partial charge in [0.2, 0.25) is 5.91 Å². The van der Waals surface area contributed by atoms with Crippen molar-refractivity contribution in [3.8, 4) is 0 Å². The van der Waals surface area contributed by atoms with Crippen molar-refractivity contribution in [2.45, 2.75) is 58.0 Å². The van der Waals surface area contributed by atoms with Crippen LogP contribution < -0.4 is 11.1 Å². The van der Waals surface area contributed by atoms with Gasteiger partial charge in [-0.2, -0.15) is 0 Å². The second kappa shape index (κ2) is 7.44. The maximum absolute atomic E-state index is 12.2. The van der Waals surface area contributed by atoms with Crippen LogP contribution in [-0.4, -0.2) is 11.9 Å². The van der Waals surface area contributed by atoms with Gasteiger partial charge < -0.3 is 11.1 Å². The van der Waals surface area contributed by atoms with Crippen molar-refractivity contribution in [3.05, 3.63) is 35.4 Å². The van der Waals surface area contributed by atoms with Gasteiger partial charge in [-0.25, -0.2) is 0 Å².